The lowest BCUT2D eigenvalue weighted by atomic mass is 10.1. The zero-order valence-corrected chi connectivity index (χ0v) is 15.9. The van der Waals surface area contributed by atoms with Crippen molar-refractivity contribution in [2.24, 2.45) is 0 Å². The van der Waals surface area contributed by atoms with E-state index in [1.807, 2.05) is 38.1 Å². The predicted molar refractivity (Wildman–Crippen MR) is 105 cm³/mol. The molecule has 0 saturated carbocycles. The molecule has 0 aliphatic carbocycles. The van der Waals surface area contributed by atoms with E-state index < -0.39 is 0 Å². The molecule has 0 radical (unpaired) electrons. The number of nitrogens with one attached hydrogen (secondary N) is 2. The largest absolute Gasteiger partial charge is 0.325 e. The van der Waals surface area contributed by atoms with Crippen molar-refractivity contribution in [1.82, 2.24) is 9.97 Å². The van der Waals surface area contributed by atoms with Crippen LogP contribution in [0, 0.1) is 13.8 Å². The number of aromatic amines is 1. The van der Waals surface area contributed by atoms with Gasteiger partial charge in [-0.1, -0.05) is 36.9 Å². The van der Waals surface area contributed by atoms with E-state index >= 15 is 0 Å². The summed E-state index contributed by atoms with van der Waals surface area (Å²) in [5.41, 5.74) is 2.75. The fourth-order valence-electron chi connectivity index (χ4n) is 2.57. The number of benzene rings is 1. The van der Waals surface area contributed by atoms with E-state index in [-0.39, 0.29) is 17.2 Å². The number of fused-ring (bicyclic) bond motifs is 1. The lowest BCUT2D eigenvalue weighted by Crippen LogP contribution is -2.16. The molecule has 0 aliphatic rings. The molecule has 2 heterocycles. The Morgan fingerprint density at radius 1 is 1.32 bits per heavy atom. The summed E-state index contributed by atoms with van der Waals surface area (Å²) < 4.78 is 0. The molecule has 3 rings (SSSR count). The maximum atomic E-state index is 12.3. The second-order valence-corrected chi connectivity index (χ2v) is 7.85. The van der Waals surface area contributed by atoms with Gasteiger partial charge in [-0.15, -0.1) is 11.3 Å². The zero-order valence-electron chi connectivity index (χ0n) is 14.3. The maximum absolute atomic E-state index is 12.3. The van der Waals surface area contributed by atoms with Gasteiger partial charge in [0.1, 0.15) is 4.83 Å². The fourth-order valence-corrected chi connectivity index (χ4v) is 4.32. The standard InChI is InChI=1S/C18H19N3O2S2/c1-4-12-7-5-6-8-13(12)19-14(22)9-24-18-20-16(23)15-10(2)11(3)25-17(15)21-18/h5-8H,4,9H2,1-3H3,(H,19,22)(H,20,21,23). The zero-order chi connectivity index (χ0) is 18.0. The quantitative estimate of drug-likeness (QED) is 0.525. The van der Waals surface area contributed by atoms with E-state index in [9.17, 15) is 9.59 Å². The Morgan fingerprint density at radius 2 is 2.08 bits per heavy atom. The number of carbonyl (C=O) groups is 1. The number of thiophene rings is 1. The van der Waals surface area contributed by atoms with E-state index in [0.29, 0.717) is 10.5 Å². The van der Waals surface area contributed by atoms with Crippen LogP contribution in [-0.4, -0.2) is 21.6 Å². The van der Waals surface area contributed by atoms with Crippen LogP contribution in [0.25, 0.3) is 10.2 Å². The number of hydrogen-bond acceptors (Lipinski definition) is 5. The van der Waals surface area contributed by atoms with Crippen molar-refractivity contribution < 1.29 is 4.79 Å². The van der Waals surface area contributed by atoms with Crippen LogP contribution in [0.15, 0.2) is 34.2 Å². The highest BCUT2D eigenvalue weighted by molar-refractivity contribution is 7.99. The Kier molecular flexibility index (Phi) is 5.24. The van der Waals surface area contributed by atoms with Crippen LogP contribution in [-0.2, 0) is 11.2 Å². The van der Waals surface area contributed by atoms with Crippen molar-refractivity contribution in [3.63, 3.8) is 0 Å². The molecule has 2 aromatic heterocycles. The first kappa shape index (κ1) is 17.7. The van der Waals surface area contributed by atoms with Gasteiger partial charge in [0.25, 0.3) is 5.56 Å². The summed E-state index contributed by atoms with van der Waals surface area (Å²) in [6.45, 7) is 5.96. The Labute approximate surface area is 153 Å². The van der Waals surface area contributed by atoms with Crippen LogP contribution >= 0.6 is 23.1 Å². The van der Waals surface area contributed by atoms with Gasteiger partial charge in [-0.05, 0) is 37.5 Å². The summed E-state index contributed by atoms with van der Waals surface area (Å²) in [4.78, 5) is 33.5. The Balaban J connectivity index is 1.72. The number of aromatic nitrogens is 2. The Bertz CT molecular complexity index is 992. The molecular formula is C18H19N3O2S2. The molecule has 0 aliphatic heterocycles. The molecule has 3 aromatic rings. The second-order valence-electron chi connectivity index (χ2n) is 5.68. The number of nitrogens with zero attached hydrogens (tertiary/aromatic N) is 1. The number of rotatable bonds is 5. The molecule has 0 bridgehead atoms. The summed E-state index contributed by atoms with van der Waals surface area (Å²) in [6.07, 6.45) is 0.853. The first-order chi connectivity index (χ1) is 12.0. The highest BCUT2D eigenvalue weighted by atomic mass is 32.2. The number of carbonyl (C=O) groups excluding carboxylic acids is 1. The van der Waals surface area contributed by atoms with Crippen molar-refractivity contribution in [3.8, 4) is 0 Å². The van der Waals surface area contributed by atoms with Crippen molar-refractivity contribution in [1.29, 1.82) is 0 Å². The van der Waals surface area contributed by atoms with Gasteiger partial charge in [0.2, 0.25) is 5.91 Å². The average molecular weight is 374 g/mol. The number of hydrogen-bond donors (Lipinski definition) is 2. The molecule has 25 heavy (non-hydrogen) atoms. The molecule has 5 nitrogen and oxygen atoms in total. The number of thioether (sulfide) groups is 1. The third-order valence-electron chi connectivity index (χ3n) is 4.03. The van der Waals surface area contributed by atoms with Crippen LogP contribution in [0.3, 0.4) is 0 Å². The van der Waals surface area contributed by atoms with E-state index in [2.05, 4.69) is 22.2 Å². The highest BCUT2D eigenvalue weighted by Crippen LogP contribution is 2.27. The number of para-hydroxylation sites is 1. The Morgan fingerprint density at radius 3 is 2.84 bits per heavy atom. The minimum absolute atomic E-state index is 0.118. The number of anilines is 1. The van der Waals surface area contributed by atoms with Gasteiger partial charge >= 0.3 is 0 Å². The molecule has 2 N–H and O–H groups in total. The van der Waals surface area contributed by atoms with Gasteiger partial charge in [-0.3, -0.25) is 9.59 Å². The van der Waals surface area contributed by atoms with Crippen molar-refractivity contribution >= 4 is 44.9 Å². The third kappa shape index (κ3) is 3.77. The molecule has 1 amide bonds. The van der Waals surface area contributed by atoms with E-state index in [4.69, 9.17) is 0 Å². The monoisotopic (exact) mass is 373 g/mol. The average Bonchev–Trinajstić information content (AvgIpc) is 2.88. The molecule has 7 heteroatoms. The van der Waals surface area contributed by atoms with Crippen LogP contribution in [0.1, 0.15) is 22.9 Å². The highest BCUT2D eigenvalue weighted by Gasteiger charge is 2.13. The minimum Gasteiger partial charge on any atom is -0.325 e. The van der Waals surface area contributed by atoms with Gasteiger partial charge in [0, 0.05) is 10.6 Å². The molecule has 0 unspecified atom stereocenters. The van der Waals surface area contributed by atoms with Gasteiger partial charge in [-0.2, -0.15) is 0 Å². The number of aryl methyl sites for hydroxylation is 3. The molecule has 1 aromatic carbocycles. The van der Waals surface area contributed by atoms with Crippen molar-refractivity contribution in [2.45, 2.75) is 32.3 Å². The van der Waals surface area contributed by atoms with E-state index in [1.54, 1.807) is 0 Å². The molecule has 0 atom stereocenters. The lowest BCUT2D eigenvalue weighted by Gasteiger charge is -2.09. The van der Waals surface area contributed by atoms with Gasteiger partial charge in [0.05, 0.1) is 11.1 Å². The van der Waals surface area contributed by atoms with Crippen LogP contribution in [0.5, 0.6) is 0 Å². The summed E-state index contributed by atoms with van der Waals surface area (Å²) in [6, 6.07) is 7.75. The normalized spacial score (nSPS) is 11.0. The fraction of sp³-hybridized carbons (Fsp3) is 0.278. The predicted octanol–water partition coefficient (Wildman–Crippen LogP) is 3.89. The summed E-state index contributed by atoms with van der Waals surface area (Å²) >= 11 is 2.74. The Hall–Kier alpha value is -2.12. The van der Waals surface area contributed by atoms with Gasteiger partial charge in [-0.25, -0.2) is 4.98 Å². The van der Waals surface area contributed by atoms with E-state index in [1.165, 1.54) is 23.1 Å². The lowest BCUT2D eigenvalue weighted by molar-refractivity contribution is -0.113. The topological polar surface area (TPSA) is 74.8 Å². The third-order valence-corrected chi connectivity index (χ3v) is 6.00. The maximum Gasteiger partial charge on any atom is 0.260 e. The number of amides is 1. The van der Waals surface area contributed by atoms with Crippen LogP contribution in [0.2, 0.25) is 0 Å². The first-order valence-corrected chi connectivity index (χ1v) is 9.80. The molecule has 0 saturated heterocycles. The molecule has 0 fully saturated rings. The smallest absolute Gasteiger partial charge is 0.260 e. The van der Waals surface area contributed by atoms with Crippen LogP contribution in [0.4, 0.5) is 5.69 Å². The van der Waals surface area contributed by atoms with Crippen LogP contribution < -0.4 is 10.9 Å². The van der Waals surface area contributed by atoms with Gasteiger partial charge in [0.15, 0.2) is 5.16 Å². The van der Waals surface area contributed by atoms with Crippen molar-refractivity contribution in [2.75, 3.05) is 11.1 Å². The second kappa shape index (κ2) is 7.41. The first-order valence-electron chi connectivity index (χ1n) is 8.00. The van der Waals surface area contributed by atoms with Gasteiger partial charge < -0.3 is 10.3 Å². The summed E-state index contributed by atoms with van der Waals surface area (Å²) in [5, 5.41) is 4.04. The number of H-pyrrole nitrogens is 1. The van der Waals surface area contributed by atoms with Crippen molar-refractivity contribution in [3.05, 3.63) is 50.6 Å². The van der Waals surface area contributed by atoms with E-state index in [0.717, 1.165) is 32.9 Å². The summed E-state index contributed by atoms with van der Waals surface area (Å²) in [5.74, 6) is 0.0720. The SMILES string of the molecule is CCc1ccccc1NC(=O)CSc1nc2sc(C)c(C)c2c(=O)[nH]1. The molecule has 130 valence electrons. The molecule has 0 spiro atoms. The molecular weight excluding hydrogens is 354 g/mol. The minimum atomic E-state index is -0.147. The summed E-state index contributed by atoms with van der Waals surface area (Å²) in [7, 11) is 0.